The van der Waals surface area contributed by atoms with Gasteiger partial charge in [0.15, 0.2) is 9.84 Å². The fourth-order valence-electron chi connectivity index (χ4n) is 2.91. The van der Waals surface area contributed by atoms with Crippen LogP contribution in [0.5, 0.6) is 0 Å². The van der Waals surface area contributed by atoms with E-state index in [2.05, 4.69) is 0 Å². The number of thiophene rings is 1. The van der Waals surface area contributed by atoms with Gasteiger partial charge in [-0.2, -0.15) is 0 Å². The lowest BCUT2D eigenvalue weighted by Crippen LogP contribution is -2.30. The van der Waals surface area contributed by atoms with Crippen molar-refractivity contribution in [2.75, 3.05) is 5.75 Å². The lowest BCUT2D eigenvalue weighted by molar-refractivity contribution is -0.158. The standard InChI is InChI=1S/C19H17NO6S2/c21-12-20(24)17(14-2-4-15(5-3-14)19(22)23)11-28(25,26)10-13-1-6-18-16(9-13)7-8-27-18/h1-9,12,17,24H,10-11H2,(H,22,23)/t17-/m1/s1. The van der Waals surface area contributed by atoms with Gasteiger partial charge in [-0.25, -0.2) is 18.3 Å². The maximum absolute atomic E-state index is 12.7. The molecular weight excluding hydrogens is 402 g/mol. The molecule has 0 bridgehead atoms. The number of carboxylic acids is 1. The van der Waals surface area contributed by atoms with Crippen LogP contribution in [0.2, 0.25) is 0 Å². The molecule has 0 fully saturated rings. The van der Waals surface area contributed by atoms with E-state index in [1.807, 2.05) is 17.5 Å². The molecule has 1 amide bonds. The molecule has 1 aromatic heterocycles. The van der Waals surface area contributed by atoms with Gasteiger partial charge in [0, 0.05) is 4.70 Å². The van der Waals surface area contributed by atoms with E-state index < -0.39 is 27.6 Å². The number of benzene rings is 2. The molecular formula is C19H17NO6S2. The lowest BCUT2D eigenvalue weighted by atomic mass is 10.1. The Morgan fingerprint density at radius 3 is 2.50 bits per heavy atom. The Bertz CT molecular complexity index is 1100. The number of sulfone groups is 1. The van der Waals surface area contributed by atoms with Gasteiger partial charge in [0.2, 0.25) is 6.41 Å². The van der Waals surface area contributed by atoms with Crippen LogP contribution in [0.1, 0.15) is 27.5 Å². The minimum Gasteiger partial charge on any atom is -0.478 e. The van der Waals surface area contributed by atoms with Gasteiger partial charge in [0.1, 0.15) is 0 Å². The van der Waals surface area contributed by atoms with Crippen LogP contribution in [0.3, 0.4) is 0 Å². The number of aromatic carboxylic acids is 1. The molecule has 1 heterocycles. The fraction of sp³-hybridized carbons (Fsp3) is 0.158. The molecule has 0 aliphatic heterocycles. The molecule has 2 aromatic carbocycles. The highest BCUT2D eigenvalue weighted by atomic mass is 32.2. The second-order valence-electron chi connectivity index (χ2n) is 6.28. The lowest BCUT2D eigenvalue weighted by Gasteiger charge is -2.23. The van der Waals surface area contributed by atoms with Crippen molar-refractivity contribution < 1.29 is 28.3 Å². The molecule has 9 heteroatoms. The maximum Gasteiger partial charge on any atom is 0.335 e. The summed E-state index contributed by atoms with van der Waals surface area (Å²) >= 11 is 1.56. The van der Waals surface area contributed by atoms with Crippen LogP contribution in [0, 0.1) is 0 Å². The molecule has 28 heavy (non-hydrogen) atoms. The van der Waals surface area contributed by atoms with Crippen molar-refractivity contribution in [1.82, 2.24) is 5.06 Å². The number of hydrogen-bond acceptors (Lipinski definition) is 6. The highest BCUT2D eigenvalue weighted by Gasteiger charge is 2.26. The first-order chi connectivity index (χ1) is 13.3. The number of carbonyl (C=O) groups is 2. The first-order valence-electron chi connectivity index (χ1n) is 8.21. The van der Waals surface area contributed by atoms with E-state index in [0.29, 0.717) is 11.1 Å². The molecule has 0 unspecified atom stereocenters. The Morgan fingerprint density at radius 1 is 1.14 bits per heavy atom. The number of carboxylic acid groups (broad SMARTS) is 1. The summed E-state index contributed by atoms with van der Waals surface area (Å²) in [6, 6.07) is 11.5. The molecule has 3 rings (SSSR count). The fourth-order valence-corrected chi connectivity index (χ4v) is 5.31. The number of rotatable bonds is 8. The number of hydrogen-bond donors (Lipinski definition) is 2. The summed E-state index contributed by atoms with van der Waals surface area (Å²) < 4.78 is 26.5. The van der Waals surface area contributed by atoms with Crippen molar-refractivity contribution in [3.63, 3.8) is 0 Å². The quantitative estimate of drug-likeness (QED) is 0.330. The highest BCUT2D eigenvalue weighted by Crippen LogP contribution is 2.25. The second-order valence-corrected chi connectivity index (χ2v) is 9.33. The van der Waals surface area contributed by atoms with Crippen LogP contribution in [0.25, 0.3) is 10.1 Å². The molecule has 1 atom stereocenters. The number of hydroxylamine groups is 2. The summed E-state index contributed by atoms with van der Waals surface area (Å²) in [6.07, 6.45) is 0.128. The van der Waals surface area contributed by atoms with Crippen molar-refractivity contribution in [2.45, 2.75) is 11.8 Å². The van der Waals surface area contributed by atoms with E-state index in [-0.39, 0.29) is 22.8 Å². The first kappa shape index (κ1) is 20.0. The van der Waals surface area contributed by atoms with Crippen LogP contribution in [-0.4, -0.2) is 41.9 Å². The van der Waals surface area contributed by atoms with Crippen molar-refractivity contribution in [3.05, 3.63) is 70.6 Å². The maximum atomic E-state index is 12.7. The van der Waals surface area contributed by atoms with E-state index in [1.165, 1.54) is 24.3 Å². The first-order valence-corrected chi connectivity index (χ1v) is 10.9. The molecule has 0 radical (unpaired) electrons. The Morgan fingerprint density at radius 2 is 1.86 bits per heavy atom. The van der Waals surface area contributed by atoms with Gasteiger partial charge in [0.25, 0.3) is 0 Å². The molecule has 0 aliphatic carbocycles. The third kappa shape index (κ3) is 4.56. The third-order valence-corrected chi connectivity index (χ3v) is 6.78. The molecule has 0 saturated carbocycles. The van der Waals surface area contributed by atoms with Gasteiger partial charge in [-0.05, 0) is 52.2 Å². The van der Waals surface area contributed by atoms with Gasteiger partial charge in [-0.15, -0.1) is 11.3 Å². The molecule has 7 nitrogen and oxygen atoms in total. The van der Waals surface area contributed by atoms with Crippen molar-refractivity contribution in [1.29, 1.82) is 0 Å². The predicted molar refractivity (Wildman–Crippen MR) is 105 cm³/mol. The summed E-state index contributed by atoms with van der Waals surface area (Å²) in [5.74, 6) is -1.87. The Hall–Kier alpha value is -2.75. The van der Waals surface area contributed by atoms with E-state index in [4.69, 9.17) is 5.11 Å². The summed E-state index contributed by atoms with van der Waals surface area (Å²) in [6.45, 7) is 0. The van der Waals surface area contributed by atoms with E-state index in [0.717, 1.165) is 10.1 Å². The normalized spacial score (nSPS) is 12.6. The van der Waals surface area contributed by atoms with Crippen molar-refractivity contribution in [3.8, 4) is 0 Å². The minimum absolute atomic E-state index is 0.0185. The third-order valence-electron chi connectivity index (χ3n) is 4.28. The zero-order valence-corrected chi connectivity index (χ0v) is 16.2. The predicted octanol–water partition coefficient (Wildman–Crippen LogP) is 3.10. The van der Waals surface area contributed by atoms with Gasteiger partial charge >= 0.3 is 5.97 Å². The van der Waals surface area contributed by atoms with Gasteiger partial charge in [-0.3, -0.25) is 10.0 Å². The summed E-state index contributed by atoms with van der Waals surface area (Å²) in [5.41, 5.74) is 0.947. The molecule has 146 valence electrons. The summed E-state index contributed by atoms with van der Waals surface area (Å²) in [7, 11) is -3.69. The monoisotopic (exact) mass is 419 g/mol. The van der Waals surface area contributed by atoms with E-state index >= 15 is 0 Å². The highest BCUT2D eigenvalue weighted by molar-refractivity contribution is 7.90. The molecule has 2 N–H and O–H groups in total. The Balaban J connectivity index is 1.84. The van der Waals surface area contributed by atoms with Crippen molar-refractivity contribution >= 4 is 43.6 Å². The number of nitrogens with zero attached hydrogens (tertiary/aromatic N) is 1. The van der Waals surface area contributed by atoms with Crippen LogP contribution < -0.4 is 0 Å². The average molecular weight is 419 g/mol. The van der Waals surface area contributed by atoms with E-state index in [9.17, 15) is 23.2 Å². The molecule has 0 saturated heterocycles. The molecule has 0 spiro atoms. The number of amides is 1. The zero-order chi connectivity index (χ0) is 20.3. The summed E-state index contributed by atoms with van der Waals surface area (Å²) in [5, 5.41) is 22.0. The number of fused-ring (bicyclic) bond motifs is 1. The smallest absolute Gasteiger partial charge is 0.335 e. The van der Waals surface area contributed by atoms with Gasteiger partial charge < -0.3 is 5.11 Å². The second kappa shape index (κ2) is 8.09. The van der Waals surface area contributed by atoms with Gasteiger partial charge in [0.05, 0.1) is 23.1 Å². The SMILES string of the molecule is O=CN(O)[C@H](CS(=O)(=O)Cc1ccc2sccc2c1)c1ccc(C(=O)O)cc1. The van der Waals surface area contributed by atoms with Gasteiger partial charge in [-0.1, -0.05) is 18.2 Å². The van der Waals surface area contributed by atoms with Crippen LogP contribution in [0.4, 0.5) is 0 Å². The molecule has 3 aromatic rings. The Labute approximate surface area is 165 Å². The number of carbonyl (C=O) groups excluding carboxylic acids is 1. The minimum atomic E-state index is -3.69. The van der Waals surface area contributed by atoms with Crippen LogP contribution in [-0.2, 0) is 20.4 Å². The largest absolute Gasteiger partial charge is 0.478 e. The average Bonchev–Trinajstić information content (AvgIpc) is 3.13. The van der Waals surface area contributed by atoms with E-state index in [1.54, 1.807) is 23.5 Å². The summed E-state index contributed by atoms with van der Waals surface area (Å²) in [4.78, 5) is 22.0. The molecule has 0 aliphatic rings. The van der Waals surface area contributed by atoms with Crippen molar-refractivity contribution in [2.24, 2.45) is 0 Å². The Kier molecular flexibility index (Phi) is 5.78. The topological polar surface area (TPSA) is 112 Å². The van der Waals surface area contributed by atoms with Crippen LogP contribution in [0.15, 0.2) is 53.9 Å². The zero-order valence-electron chi connectivity index (χ0n) is 14.6. The van der Waals surface area contributed by atoms with Crippen LogP contribution >= 0.6 is 11.3 Å².